The van der Waals surface area contributed by atoms with E-state index in [0.29, 0.717) is 12.8 Å². The van der Waals surface area contributed by atoms with Gasteiger partial charge in [0.1, 0.15) is 6.61 Å². The molecule has 0 heterocycles. The van der Waals surface area contributed by atoms with E-state index in [1.54, 1.807) is 0 Å². The number of hydrogen-bond donors (Lipinski definition) is 1. The number of esters is 2. The Morgan fingerprint density at radius 2 is 0.896 bits per heavy atom. The fourth-order valence-corrected chi connectivity index (χ4v) is 5.30. The van der Waals surface area contributed by atoms with Crippen LogP contribution in [-0.4, -0.2) is 36.4 Å². The molecule has 0 aromatic carbocycles. The summed E-state index contributed by atoms with van der Waals surface area (Å²) in [6.07, 6.45) is 49.9. The lowest BCUT2D eigenvalue weighted by Gasteiger charge is -2.15. The van der Waals surface area contributed by atoms with Gasteiger partial charge in [-0.05, 0) is 77.0 Å². The molecule has 1 atom stereocenters. The van der Waals surface area contributed by atoms with Crippen molar-refractivity contribution in [1.29, 1.82) is 0 Å². The maximum absolute atomic E-state index is 12.2. The lowest BCUT2D eigenvalue weighted by molar-refractivity contribution is -0.161. The van der Waals surface area contributed by atoms with Crippen molar-refractivity contribution in [3.05, 3.63) is 60.8 Å². The Morgan fingerprint density at radius 1 is 0.500 bits per heavy atom. The number of unbranched alkanes of at least 4 members (excludes halogenated alkanes) is 17. The fourth-order valence-electron chi connectivity index (χ4n) is 5.30. The first-order valence-electron chi connectivity index (χ1n) is 19.8. The molecule has 0 saturated heterocycles. The van der Waals surface area contributed by atoms with E-state index >= 15 is 0 Å². The third-order valence-corrected chi connectivity index (χ3v) is 8.30. The van der Waals surface area contributed by atoms with Crippen LogP contribution in [0.25, 0.3) is 0 Å². The zero-order valence-electron chi connectivity index (χ0n) is 31.2. The number of carbonyl (C=O) groups is 2. The number of allylic oxidation sites excluding steroid dienone is 10. The second kappa shape index (κ2) is 39.0. The van der Waals surface area contributed by atoms with Crippen LogP contribution in [0.15, 0.2) is 60.8 Å². The van der Waals surface area contributed by atoms with Gasteiger partial charge in [-0.25, -0.2) is 0 Å². The molecule has 0 radical (unpaired) electrons. The zero-order chi connectivity index (χ0) is 35.0. The molecule has 5 nitrogen and oxygen atoms in total. The number of hydrogen-bond acceptors (Lipinski definition) is 5. The molecule has 0 spiro atoms. The van der Waals surface area contributed by atoms with Gasteiger partial charge in [0, 0.05) is 12.8 Å². The van der Waals surface area contributed by atoms with Crippen LogP contribution in [0.4, 0.5) is 0 Å². The molecule has 5 heteroatoms. The molecule has 276 valence electrons. The maximum atomic E-state index is 12.2. The fraction of sp³-hybridized carbons (Fsp3) is 0.721. The van der Waals surface area contributed by atoms with Gasteiger partial charge in [-0.2, -0.15) is 0 Å². The number of aliphatic hydroxyl groups excluding tert-OH is 1. The molecule has 1 N–H and O–H groups in total. The number of aliphatic hydroxyl groups is 1. The van der Waals surface area contributed by atoms with Crippen molar-refractivity contribution in [3.63, 3.8) is 0 Å². The minimum absolute atomic E-state index is 0.0800. The Kier molecular flexibility index (Phi) is 37.1. The van der Waals surface area contributed by atoms with E-state index in [0.717, 1.165) is 77.0 Å². The second-order valence-electron chi connectivity index (χ2n) is 13.0. The van der Waals surface area contributed by atoms with E-state index < -0.39 is 6.10 Å². The van der Waals surface area contributed by atoms with Crippen LogP contribution in [0.2, 0.25) is 0 Å². The van der Waals surface area contributed by atoms with Gasteiger partial charge in [-0.15, -0.1) is 0 Å². The normalized spacial score (nSPS) is 12.8. The highest BCUT2D eigenvalue weighted by Crippen LogP contribution is 2.12. The Bertz CT molecular complexity index is 853. The van der Waals surface area contributed by atoms with Gasteiger partial charge in [0.05, 0.1) is 6.61 Å². The summed E-state index contributed by atoms with van der Waals surface area (Å²) in [5.41, 5.74) is 0. The number of ether oxygens (including phenoxy) is 2. The number of carbonyl (C=O) groups excluding carboxylic acids is 2. The van der Waals surface area contributed by atoms with Crippen LogP contribution in [0.5, 0.6) is 0 Å². The van der Waals surface area contributed by atoms with Crippen molar-refractivity contribution in [1.82, 2.24) is 0 Å². The summed E-state index contributed by atoms with van der Waals surface area (Å²) < 4.78 is 10.6. The first-order chi connectivity index (χ1) is 23.6. The van der Waals surface area contributed by atoms with Crippen molar-refractivity contribution in [2.45, 2.75) is 187 Å². The van der Waals surface area contributed by atoms with Gasteiger partial charge in [0.25, 0.3) is 0 Å². The SMILES string of the molecule is CC/C=C\C/C=C\C/C=C\C/C=C\CCCCCCC(=O)OC(CO)COC(=O)CCCCCCCCC/C=C\CCCCCCCC. The summed E-state index contributed by atoms with van der Waals surface area (Å²) in [7, 11) is 0. The molecule has 48 heavy (non-hydrogen) atoms. The Morgan fingerprint density at radius 3 is 1.38 bits per heavy atom. The first kappa shape index (κ1) is 45.6. The second-order valence-corrected chi connectivity index (χ2v) is 13.0. The van der Waals surface area contributed by atoms with Gasteiger partial charge in [-0.3, -0.25) is 9.59 Å². The average molecular weight is 671 g/mol. The summed E-state index contributed by atoms with van der Waals surface area (Å²) in [5, 5.41) is 9.55. The highest BCUT2D eigenvalue weighted by molar-refractivity contribution is 5.70. The monoisotopic (exact) mass is 671 g/mol. The topological polar surface area (TPSA) is 72.8 Å². The maximum Gasteiger partial charge on any atom is 0.306 e. The van der Waals surface area contributed by atoms with E-state index in [9.17, 15) is 14.7 Å². The zero-order valence-corrected chi connectivity index (χ0v) is 31.2. The molecular formula is C43H74O5. The highest BCUT2D eigenvalue weighted by atomic mass is 16.6. The van der Waals surface area contributed by atoms with Gasteiger partial charge in [0.15, 0.2) is 6.10 Å². The van der Waals surface area contributed by atoms with E-state index in [2.05, 4.69) is 74.6 Å². The molecular weight excluding hydrogens is 596 g/mol. The Hall–Kier alpha value is -2.40. The lowest BCUT2D eigenvalue weighted by atomic mass is 10.1. The Labute approximate surface area is 296 Å². The summed E-state index contributed by atoms with van der Waals surface area (Å²) in [6, 6.07) is 0. The summed E-state index contributed by atoms with van der Waals surface area (Å²) in [5.74, 6) is -0.626. The van der Waals surface area contributed by atoms with E-state index in [1.165, 1.54) is 77.0 Å². The molecule has 0 aromatic heterocycles. The summed E-state index contributed by atoms with van der Waals surface area (Å²) in [6.45, 7) is 3.99. The van der Waals surface area contributed by atoms with Gasteiger partial charge < -0.3 is 14.6 Å². The van der Waals surface area contributed by atoms with Gasteiger partial charge >= 0.3 is 11.9 Å². The molecule has 0 aromatic rings. The average Bonchev–Trinajstić information content (AvgIpc) is 3.09. The predicted octanol–water partition coefficient (Wildman–Crippen LogP) is 12.4. The molecule has 0 bridgehead atoms. The van der Waals surface area contributed by atoms with E-state index in [1.807, 2.05) is 0 Å². The first-order valence-corrected chi connectivity index (χ1v) is 19.8. The van der Waals surface area contributed by atoms with Crippen LogP contribution in [0, 0.1) is 0 Å². The van der Waals surface area contributed by atoms with Crippen LogP contribution in [-0.2, 0) is 19.1 Å². The third kappa shape index (κ3) is 36.4. The molecule has 1 unspecified atom stereocenters. The molecule has 0 aliphatic rings. The van der Waals surface area contributed by atoms with Crippen LogP contribution in [0.1, 0.15) is 181 Å². The highest BCUT2D eigenvalue weighted by Gasteiger charge is 2.16. The molecule has 0 aliphatic carbocycles. The van der Waals surface area contributed by atoms with Crippen LogP contribution in [0.3, 0.4) is 0 Å². The van der Waals surface area contributed by atoms with E-state index in [4.69, 9.17) is 9.47 Å². The predicted molar refractivity (Wildman–Crippen MR) is 205 cm³/mol. The molecule has 0 saturated carbocycles. The van der Waals surface area contributed by atoms with Gasteiger partial charge in [-0.1, -0.05) is 152 Å². The lowest BCUT2D eigenvalue weighted by Crippen LogP contribution is -2.28. The largest absolute Gasteiger partial charge is 0.462 e. The molecule has 0 rings (SSSR count). The smallest absolute Gasteiger partial charge is 0.306 e. The van der Waals surface area contributed by atoms with E-state index in [-0.39, 0.29) is 25.2 Å². The minimum Gasteiger partial charge on any atom is -0.462 e. The standard InChI is InChI=1S/C43H74O5/c1-3-5-7-9-11-13-15-17-19-21-23-25-27-29-31-33-35-37-42(45)47-40-41(39-44)48-43(46)38-36-34-32-30-28-26-24-22-20-18-16-14-12-10-8-6-4-2/h6,8,12,14,17-20,24,26,41,44H,3-5,7,9-11,13,15-16,21-23,25,27-40H2,1-2H3/b8-6-,14-12-,19-17-,20-18-,26-24-. The summed E-state index contributed by atoms with van der Waals surface area (Å²) in [4.78, 5) is 24.3. The van der Waals surface area contributed by atoms with Gasteiger partial charge in [0.2, 0.25) is 0 Å². The summed E-state index contributed by atoms with van der Waals surface area (Å²) >= 11 is 0. The number of rotatable bonds is 35. The third-order valence-electron chi connectivity index (χ3n) is 8.30. The van der Waals surface area contributed by atoms with Crippen LogP contribution < -0.4 is 0 Å². The van der Waals surface area contributed by atoms with Crippen molar-refractivity contribution in [2.75, 3.05) is 13.2 Å². The molecule has 0 amide bonds. The Balaban J connectivity index is 3.62. The van der Waals surface area contributed by atoms with Crippen molar-refractivity contribution in [3.8, 4) is 0 Å². The molecule has 0 fully saturated rings. The minimum atomic E-state index is -0.787. The van der Waals surface area contributed by atoms with Crippen molar-refractivity contribution >= 4 is 11.9 Å². The van der Waals surface area contributed by atoms with Crippen LogP contribution >= 0.6 is 0 Å². The molecule has 0 aliphatic heterocycles. The van der Waals surface area contributed by atoms with Crippen molar-refractivity contribution < 1.29 is 24.2 Å². The van der Waals surface area contributed by atoms with Crippen molar-refractivity contribution in [2.24, 2.45) is 0 Å². The quantitative estimate of drug-likeness (QED) is 0.0413.